The molecule has 0 atom stereocenters. The number of rotatable bonds is 11. The molecule has 0 bridgehead atoms. The minimum absolute atomic E-state index is 0.207. The molecule has 1 aromatic carbocycles. The smallest absolute Gasteiger partial charge is 0.330 e. The van der Waals surface area contributed by atoms with E-state index in [1.54, 1.807) is 17.4 Å². The highest BCUT2D eigenvalue weighted by Crippen LogP contribution is 2.29. The van der Waals surface area contributed by atoms with Crippen molar-refractivity contribution in [3.8, 4) is 10.4 Å². The number of methoxy groups -OCH3 is 1. The largest absolute Gasteiger partial charge is 0.466 e. The van der Waals surface area contributed by atoms with Gasteiger partial charge in [-0.3, -0.25) is 4.79 Å². The molecule has 2 rings (SSSR count). The monoisotopic (exact) mass is 413 g/mol. The molecule has 0 unspecified atom stereocenters. The van der Waals surface area contributed by atoms with Gasteiger partial charge in [-0.2, -0.15) is 0 Å². The molecule has 156 valence electrons. The SMILES string of the molecule is CCCCCCCC(=O)N(C)Cc1cccc(-c2ccc(/C=C/C(=O)OC)s2)c1. The summed E-state index contributed by atoms with van der Waals surface area (Å²) in [6, 6.07) is 12.3. The molecule has 4 nitrogen and oxygen atoms in total. The molecular weight excluding hydrogens is 382 g/mol. The number of ether oxygens (including phenoxy) is 1. The van der Waals surface area contributed by atoms with E-state index in [2.05, 4.69) is 29.9 Å². The molecule has 2 aromatic rings. The molecular formula is C24H31NO3S. The van der Waals surface area contributed by atoms with Crippen LogP contribution in [-0.2, 0) is 20.9 Å². The second-order valence-corrected chi connectivity index (χ2v) is 8.29. The van der Waals surface area contributed by atoms with Gasteiger partial charge in [-0.25, -0.2) is 4.79 Å². The maximum Gasteiger partial charge on any atom is 0.330 e. The Hall–Kier alpha value is -2.40. The minimum Gasteiger partial charge on any atom is -0.466 e. The number of hydrogen-bond acceptors (Lipinski definition) is 4. The van der Waals surface area contributed by atoms with Gasteiger partial charge in [0.25, 0.3) is 0 Å². The van der Waals surface area contributed by atoms with E-state index < -0.39 is 0 Å². The normalized spacial score (nSPS) is 11.0. The zero-order valence-corrected chi connectivity index (χ0v) is 18.5. The Morgan fingerprint density at radius 3 is 2.66 bits per heavy atom. The second kappa shape index (κ2) is 12.2. The first-order chi connectivity index (χ1) is 14.0. The van der Waals surface area contributed by atoms with Crippen molar-refractivity contribution in [2.75, 3.05) is 14.2 Å². The second-order valence-electron chi connectivity index (χ2n) is 7.17. The third-order valence-electron chi connectivity index (χ3n) is 4.76. The summed E-state index contributed by atoms with van der Waals surface area (Å²) in [5.41, 5.74) is 2.23. The summed E-state index contributed by atoms with van der Waals surface area (Å²) < 4.78 is 4.62. The first-order valence-electron chi connectivity index (χ1n) is 10.2. The van der Waals surface area contributed by atoms with Crippen molar-refractivity contribution in [2.45, 2.75) is 52.0 Å². The number of amides is 1. The average Bonchev–Trinajstić information content (AvgIpc) is 3.21. The molecule has 0 aliphatic carbocycles. The molecule has 0 saturated carbocycles. The predicted molar refractivity (Wildman–Crippen MR) is 121 cm³/mol. The maximum absolute atomic E-state index is 12.4. The number of hydrogen-bond donors (Lipinski definition) is 0. The lowest BCUT2D eigenvalue weighted by Crippen LogP contribution is -2.25. The van der Waals surface area contributed by atoms with Crippen LogP contribution in [0.15, 0.2) is 42.5 Å². The van der Waals surface area contributed by atoms with Gasteiger partial charge in [0.15, 0.2) is 0 Å². The lowest BCUT2D eigenvalue weighted by Gasteiger charge is -2.17. The Bertz CT molecular complexity index is 825. The Balaban J connectivity index is 1.94. The van der Waals surface area contributed by atoms with Crippen molar-refractivity contribution in [3.05, 3.63) is 52.9 Å². The summed E-state index contributed by atoms with van der Waals surface area (Å²) in [6.45, 7) is 2.81. The van der Waals surface area contributed by atoms with Crippen molar-refractivity contribution in [3.63, 3.8) is 0 Å². The highest BCUT2D eigenvalue weighted by molar-refractivity contribution is 7.16. The molecule has 1 aromatic heterocycles. The molecule has 1 heterocycles. The average molecular weight is 414 g/mol. The van der Waals surface area contributed by atoms with Gasteiger partial charge in [0.1, 0.15) is 0 Å². The number of esters is 1. The summed E-state index contributed by atoms with van der Waals surface area (Å²) in [6.07, 6.45) is 9.60. The number of carbonyl (C=O) groups is 2. The molecule has 0 N–H and O–H groups in total. The van der Waals surface area contributed by atoms with Crippen molar-refractivity contribution in [2.24, 2.45) is 0 Å². The number of carbonyl (C=O) groups excluding carboxylic acids is 2. The highest BCUT2D eigenvalue weighted by atomic mass is 32.1. The summed E-state index contributed by atoms with van der Waals surface area (Å²) in [4.78, 5) is 27.5. The maximum atomic E-state index is 12.4. The van der Waals surface area contributed by atoms with Gasteiger partial charge < -0.3 is 9.64 Å². The lowest BCUT2D eigenvalue weighted by molar-refractivity contribution is -0.134. The van der Waals surface area contributed by atoms with Crippen LogP contribution in [0, 0.1) is 0 Å². The van der Waals surface area contributed by atoms with Crippen LogP contribution >= 0.6 is 11.3 Å². The number of thiophene rings is 1. The fourth-order valence-corrected chi connectivity index (χ4v) is 3.98. The Kier molecular flexibility index (Phi) is 9.65. The van der Waals surface area contributed by atoms with Crippen LogP contribution in [0.5, 0.6) is 0 Å². The van der Waals surface area contributed by atoms with Crippen molar-refractivity contribution in [1.29, 1.82) is 0 Å². The summed E-state index contributed by atoms with van der Waals surface area (Å²) in [5, 5.41) is 0. The molecule has 0 spiro atoms. The van der Waals surface area contributed by atoms with Gasteiger partial charge in [0.2, 0.25) is 5.91 Å². The van der Waals surface area contributed by atoms with E-state index in [9.17, 15) is 9.59 Å². The topological polar surface area (TPSA) is 46.6 Å². The zero-order chi connectivity index (χ0) is 21.1. The van der Waals surface area contributed by atoms with Crippen molar-refractivity contribution < 1.29 is 14.3 Å². The molecule has 0 radical (unpaired) electrons. The van der Waals surface area contributed by atoms with Crippen LogP contribution in [0.2, 0.25) is 0 Å². The zero-order valence-electron chi connectivity index (χ0n) is 17.6. The third-order valence-corrected chi connectivity index (χ3v) is 5.86. The first kappa shape index (κ1) is 22.9. The molecule has 0 aliphatic rings. The fourth-order valence-electron chi connectivity index (χ4n) is 3.07. The van der Waals surface area contributed by atoms with Gasteiger partial charge in [-0.05, 0) is 41.8 Å². The summed E-state index contributed by atoms with van der Waals surface area (Å²) in [5.74, 6) is -0.154. The van der Waals surface area contributed by atoms with Crippen LogP contribution in [0.1, 0.15) is 55.9 Å². The van der Waals surface area contributed by atoms with Crippen LogP contribution in [0.25, 0.3) is 16.5 Å². The van der Waals surface area contributed by atoms with Crippen LogP contribution in [0.3, 0.4) is 0 Å². The minimum atomic E-state index is -0.361. The Labute approximate surface area is 178 Å². The van der Waals surface area contributed by atoms with E-state index in [0.29, 0.717) is 13.0 Å². The van der Waals surface area contributed by atoms with Crippen LogP contribution < -0.4 is 0 Å². The lowest BCUT2D eigenvalue weighted by atomic mass is 10.1. The standard InChI is InChI=1S/C24H31NO3S/c1-4-5-6-7-8-12-23(26)25(2)18-19-10-9-11-20(17-19)22-15-13-21(29-22)14-16-24(27)28-3/h9-11,13-17H,4-8,12,18H2,1-3H3/b16-14+. The van der Waals surface area contributed by atoms with E-state index in [0.717, 1.165) is 33.7 Å². The van der Waals surface area contributed by atoms with E-state index in [1.807, 2.05) is 30.1 Å². The molecule has 0 fully saturated rings. The van der Waals surface area contributed by atoms with E-state index >= 15 is 0 Å². The van der Waals surface area contributed by atoms with Gasteiger partial charge >= 0.3 is 5.97 Å². The number of unbranched alkanes of at least 4 members (excludes halogenated alkanes) is 4. The van der Waals surface area contributed by atoms with Gasteiger partial charge in [-0.1, -0.05) is 50.8 Å². The van der Waals surface area contributed by atoms with E-state index in [4.69, 9.17) is 0 Å². The third kappa shape index (κ3) is 7.86. The Morgan fingerprint density at radius 2 is 1.90 bits per heavy atom. The quantitative estimate of drug-likeness (QED) is 0.261. The van der Waals surface area contributed by atoms with E-state index in [1.165, 1.54) is 32.4 Å². The van der Waals surface area contributed by atoms with Crippen LogP contribution in [0.4, 0.5) is 0 Å². The predicted octanol–water partition coefficient (Wildman–Crippen LogP) is 5.92. The summed E-state index contributed by atoms with van der Waals surface area (Å²) in [7, 11) is 3.24. The molecule has 5 heteroatoms. The molecule has 0 aliphatic heterocycles. The van der Waals surface area contributed by atoms with E-state index in [-0.39, 0.29) is 11.9 Å². The van der Waals surface area contributed by atoms with Crippen molar-refractivity contribution in [1.82, 2.24) is 4.90 Å². The first-order valence-corrected chi connectivity index (χ1v) is 11.0. The number of benzene rings is 1. The number of nitrogens with zero attached hydrogens (tertiary/aromatic N) is 1. The van der Waals surface area contributed by atoms with Gasteiger partial charge in [0, 0.05) is 35.8 Å². The van der Waals surface area contributed by atoms with Gasteiger partial charge in [-0.15, -0.1) is 11.3 Å². The molecule has 1 amide bonds. The molecule has 29 heavy (non-hydrogen) atoms. The fraction of sp³-hybridized carbons (Fsp3) is 0.417. The Morgan fingerprint density at radius 1 is 1.10 bits per heavy atom. The van der Waals surface area contributed by atoms with Crippen molar-refractivity contribution >= 4 is 29.3 Å². The summed E-state index contributed by atoms with van der Waals surface area (Å²) >= 11 is 1.61. The van der Waals surface area contributed by atoms with Gasteiger partial charge in [0.05, 0.1) is 7.11 Å². The van der Waals surface area contributed by atoms with Crippen LogP contribution in [-0.4, -0.2) is 30.9 Å². The molecule has 0 saturated heterocycles. The highest BCUT2D eigenvalue weighted by Gasteiger charge is 2.10.